The van der Waals surface area contributed by atoms with Gasteiger partial charge in [0.25, 0.3) is 0 Å². The van der Waals surface area contributed by atoms with Crippen molar-refractivity contribution in [1.82, 2.24) is 0 Å². The van der Waals surface area contributed by atoms with Gasteiger partial charge in [-0.1, -0.05) is 57.9 Å². The highest BCUT2D eigenvalue weighted by atomic mass is 32.2. The van der Waals surface area contributed by atoms with E-state index in [4.69, 9.17) is 0 Å². The largest absolute Gasteiger partial charge is 0.219 e. The van der Waals surface area contributed by atoms with Crippen molar-refractivity contribution in [2.45, 2.75) is 68.6 Å². The molecule has 0 amide bonds. The van der Waals surface area contributed by atoms with Gasteiger partial charge >= 0.3 is 0 Å². The van der Waals surface area contributed by atoms with Gasteiger partial charge in [-0.2, -0.15) is 0 Å². The van der Waals surface area contributed by atoms with Gasteiger partial charge in [-0.05, 0) is 60.6 Å². The molecule has 2 aromatic rings. The van der Waals surface area contributed by atoms with Gasteiger partial charge in [0.15, 0.2) is 0 Å². The Labute approximate surface area is 146 Å². The zero-order valence-corrected chi connectivity index (χ0v) is 15.8. The first-order chi connectivity index (χ1) is 11.5. The quantitative estimate of drug-likeness (QED) is 0.570. The summed E-state index contributed by atoms with van der Waals surface area (Å²) in [7, 11) is -3.43. The van der Waals surface area contributed by atoms with Crippen LogP contribution < -0.4 is 0 Å². The Balaban J connectivity index is 2.17. The van der Waals surface area contributed by atoms with Crippen molar-refractivity contribution in [3.05, 3.63) is 59.7 Å². The zero-order valence-electron chi connectivity index (χ0n) is 15.0. The SMILES string of the molecule is CCCCCc1ccc(S(=O)(=O)c2ccc(C(C)CC)cc2)cc1. The van der Waals surface area contributed by atoms with Crippen LogP contribution in [-0.2, 0) is 16.3 Å². The Morgan fingerprint density at radius 2 is 1.38 bits per heavy atom. The van der Waals surface area contributed by atoms with E-state index in [1.807, 2.05) is 24.3 Å². The maximum absolute atomic E-state index is 12.8. The second-order valence-corrected chi connectivity index (χ2v) is 8.43. The minimum Gasteiger partial charge on any atom is -0.219 e. The van der Waals surface area contributed by atoms with E-state index >= 15 is 0 Å². The summed E-state index contributed by atoms with van der Waals surface area (Å²) in [5.41, 5.74) is 2.39. The first-order valence-electron chi connectivity index (χ1n) is 8.93. The first kappa shape index (κ1) is 18.7. The molecule has 0 aliphatic rings. The normalized spacial score (nSPS) is 13.0. The lowest BCUT2D eigenvalue weighted by atomic mass is 9.99. The Morgan fingerprint density at radius 3 is 1.88 bits per heavy atom. The number of hydrogen-bond acceptors (Lipinski definition) is 2. The molecule has 2 nitrogen and oxygen atoms in total. The van der Waals surface area contributed by atoms with Crippen LogP contribution >= 0.6 is 0 Å². The molecule has 2 aromatic carbocycles. The van der Waals surface area contributed by atoms with E-state index in [2.05, 4.69) is 20.8 Å². The topological polar surface area (TPSA) is 34.1 Å². The van der Waals surface area contributed by atoms with Crippen molar-refractivity contribution in [3.8, 4) is 0 Å². The molecule has 0 radical (unpaired) electrons. The molecule has 0 spiro atoms. The molecule has 0 aromatic heterocycles. The average molecular weight is 345 g/mol. The van der Waals surface area contributed by atoms with Gasteiger partial charge in [-0.3, -0.25) is 0 Å². The molecular weight excluding hydrogens is 316 g/mol. The number of sulfone groups is 1. The third kappa shape index (κ3) is 4.47. The smallest absolute Gasteiger partial charge is 0.206 e. The minimum absolute atomic E-state index is 0.369. The van der Waals surface area contributed by atoms with Gasteiger partial charge in [0, 0.05) is 0 Å². The summed E-state index contributed by atoms with van der Waals surface area (Å²) in [4.78, 5) is 0.742. The Kier molecular flexibility index (Phi) is 6.61. The summed E-state index contributed by atoms with van der Waals surface area (Å²) < 4.78 is 25.5. The van der Waals surface area contributed by atoms with E-state index in [9.17, 15) is 8.42 Å². The molecule has 130 valence electrons. The first-order valence-corrected chi connectivity index (χ1v) is 10.4. The highest BCUT2D eigenvalue weighted by molar-refractivity contribution is 7.91. The summed E-state index contributed by atoms with van der Waals surface area (Å²) >= 11 is 0. The Morgan fingerprint density at radius 1 is 0.833 bits per heavy atom. The van der Waals surface area contributed by atoms with Crippen LogP contribution in [0.15, 0.2) is 58.3 Å². The molecule has 0 fully saturated rings. The number of benzene rings is 2. The van der Waals surface area contributed by atoms with Gasteiger partial charge < -0.3 is 0 Å². The lowest BCUT2D eigenvalue weighted by Gasteiger charge is -2.10. The van der Waals surface area contributed by atoms with Crippen LogP contribution in [0.4, 0.5) is 0 Å². The van der Waals surface area contributed by atoms with Crippen LogP contribution in [0.2, 0.25) is 0 Å². The number of rotatable bonds is 8. The minimum atomic E-state index is -3.43. The predicted molar refractivity (Wildman–Crippen MR) is 100 cm³/mol. The van der Waals surface area contributed by atoms with E-state index in [1.54, 1.807) is 24.3 Å². The second kappa shape index (κ2) is 8.48. The van der Waals surface area contributed by atoms with Crippen LogP contribution in [-0.4, -0.2) is 8.42 Å². The summed E-state index contributed by atoms with van der Waals surface area (Å²) in [6.45, 7) is 6.47. The molecule has 2 rings (SSSR count). The van der Waals surface area contributed by atoms with Crippen LogP contribution in [0.1, 0.15) is 63.5 Å². The highest BCUT2D eigenvalue weighted by Crippen LogP contribution is 2.25. The molecule has 0 aliphatic heterocycles. The third-order valence-electron chi connectivity index (χ3n) is 4.67. The number of hydrogen-bond donors (Lipinski definition) is 0. The van der Waals surface area contributed by atoms with Crippen molar-refractivity contribution in [2.24, 2.45) is 0 Å². The number of aryl methyl sites for hydroxylation is 1. The van der Waals surface area contributed by atoms with Gasteiger partial charge in [0.1, 0.15) is 0 Å². The predicted octanol–water partition coefficient (Wildman–Crippen LogP) is 5.77. The van der Waals surface area contributed by atoms with Crippen molar-refractivity contribution in [3.63, 3.8) is 0 Å². The van der Waals surface area contributed by atoms with Crippen molar-refractivity contribution >= 4 is 9.84 Å². The Hall–Kier alpha value is -1.61. The van der Waals surface area contributed by atoms with Gasteiger partial charge in [0.2, 0.25) is 9.84 Å². The van der Waals surface area contributed by atoms with Gasteiger partial charge in [-0.25, -0.2) is 8.42 Å². The molecule has 1 unspecified atom stereocenters. The van der Waals surface area contributed by atoms with E-state index in [0.717, 1.165) is 19.3 Å². The average Bonchev–Trinajstić information content (AvgIpc) is 2.62. The molecule has 0 saturated carbocycles. The highest BCUT2D eigenvalue weighted by Gasteiger charge is 2.17. The fourth-order valence-electron chi connectivity index (χ4n) is 2.76. The van der Waals surface area contributed by atoms with E-state index < -0.39 is 9.84 Å². The maximum atomic E-state index is 12.8. The Bertz CT molecular complexity index is 728. The van der Waals surface area contributed by atoms with E-state index in [1.165, 1.54) is 24.0 Å². The fraction of sp³-hybridized carbons (Fsp3) is 0.429. The van der Waals surface area contributed by atoms with Crippen molar-refractivity contribution in [2.75, 3.05) is 0 Å². The number of unbranched alkanes of at least 4 members (excludes halogenated alkanes) is 2. The summed E-state index contributed by atoms with van der Waals surface area (Å²) in [6, 6.07) is 14.7. The lowest BCUT2D eigenvalue weighted by molar-refractivity contribution is 0.596. The van der Waals surface area contributed by atoms with Crippen LogP contribution in [0, 0.1) is 0 Å². The second-order valence-electron chi connectivity index (χ2n) is 6.48. The fourth-order valence-corrected chi connectivity index (χ4v) is 4.02. The molecular formula is C21H28O2S. The molecule has 24 heavy (non-hydrogen) atoms. The van der Waals surface area contributed by atoms with Gasteiger partial charge in [0.05, 0.1) is 9.79 Å². The summed E-state index contributed by atoms with van der Waals surface area (Å²) in [5, 5.41) is 0. The molecule has 0 bridgehead atoms. The van der Waals surface area contributed by atoms with E-state index in [0.29, 0.717) is 15.7 Å². The van der Waals surface area contributed by atoms with Crippen LogP contribution in [0.25, 0.3) is 0 Å². The summed E-state index contributed by atoms with van der Waals surface area (Å²) in [5.74, 6) is 0.448. The molecule has 0 saturated heterocycles. The van der Waals surface area contributed by atoms with Gasteiger partial charge in [-0.15, -0.1) is 0 Å². The third-order valence-corrected chi connectivity index (χ3v) is 6.46. The molecule has 3 heteroatoms. The molecule has 1 atom stereocenters. The molecule has 0 heterocycles. The van der Waals surface area contributed by atoms with Crippen molar-refractivity contribution in [1.29, 1.82) is 0 Å². The standard InChI is InChI=1S/C21H28O2S/c1-4-6-7-8-18-9-13-20(14-10-18)24(22,23)21-15-11-19(12-16-21)17(3)5-2/h9-17H,4-8H2,1-3H3. The monoisotopic (exact) mass is 344 g/mol. The lowest BCUT2D eigenvalue weighted by Crippen LogP contribution is -2.03. The summed E-state index contributed by atoms with van der Waals surface area (Å²) in [6.07, 6.45) is 5.62. The van der Waals surface area contributed by atoms with Crippen molar-refractivity contribution < 1.29 is 8.42 Å². The maximum Gasteiger partial charge on any atom is 0.206 e. The van der Waals surface area contributed by atoms with Crippen LogP contribution in [0.5, 0.6) is 0 Å². The van der Waals surface area contributed by atoms with Crippen LogP contribution in [0.3, 0.4) is 0 Å². The molecule has 0 N–H and O–H groups in total. The zero-order chi connectivity index (χ0) is 17.6. The molecule has 0 aliphatic carbocycles. The van der Waals surface area contributed by atoms with E-state index in [-0.39, 0.29) is 0 Å².